The van der Waals surface area contributed by atoms with Crippen LogP contribution in [0, 0.1) is 0 Å². The number of nitrogens with zero attached hydrogens (tertiary/aromatic N) is 1. The minimum atomic E-state index is 0.00555. The number of hydrogen-bond acceptors (Lipinski definition) is 3. The smallest absolute Gasteiger partial charge is 0.0894 e. The zero-order chi connectivity index (χ0) is 12.4. The van der Waals surface area contributed by atoms with Gasteiger partial charge in [-0.3, -0.25) is 4.90 Å². The molecule has 1 aliphatic heterocycles. The Morgan fingerprint density at radius 3 is 2.82 bits per heavy atom. The molecular formula is C12H16Cl2N2O. The molecule has 3 nitrogen and oxygen atoms in total. The molecule has 1 aromatic rings. The van der Waals surface area contributed by atoms with Crippen molar-refractivity contribution in [3.63, 3.8) is 0 Å². The first-order valence-electron chi connectivity index (χ1n) is 5.60. The lowest BCUT2D eigenvalue weighted by atomic mass is 9.98. The summed E-state index contributed by atoms with van der Waals surface area (Å²) in [6, 6.07) is 5.83. The van der Waals surface area contributed by atoms with Gasteiger partial charge >= 0.3 is 0 Å². The van der Waals surface area contributed by atoms with Gasteiger partial charge in [0.1, 0.15) is 0 Å². The minimum Gasteiger partial charge on any atom is -0.374 e. The van der Waals surface area contributed by atoms with Crippen LogP contribution in [-0.2, 0) is 4.74 Å². The third kappa shape index (κ3) is 2.75. The zero-order valence-electron chi connectivity index (χ0n) is 9.70. The van der Waals surface area contributed by atoms with Gasteiger partial charge in [-0.2, -0.15) is 0 Å². The van der Waals surface area contributed by atoms with Crippen molar-refractivity contribution in [3.8, 4) is 0 Å². The van der Waals surface area contributed by atoms with Crippen LogP contribution in [0.5, 0.6) is 0 Å². The number of rotatable bonds is 2. The van der Waals surface area contributed by atoms with E-state index in [-0.39, 0.29) is 12.1 Å². The van der Waals surface area contributed by atoms with E-state index in [1.807, 2.05) is 18.2 Å². The Kier molecular flexibility index (Phi) is 4.28. The van der Waals surface area contributed by atoms with E-state index in [0.29, 0.717) is 16.6 Å². The molecule has 0 radical (unpaired) electrons. The summed E-state index contributed by atoms with van der Waals surface area (Å²) in [6.07, 6.45) is 0.00555. The molecule has 2 atom stereocenters. The predicted molar refractivity (Wildman–Crippen MR) is 70.6 cm³/mol. The first-order valence-corrected chi connectivity index (χ1v) is 6.36. The van der Waals surface area contributed by atoms with Gasteiger partial charge in [-0.05, 0) is 24.7 Å². The van der Waals surface area contributed by atoms with Gasteiger partial charge in [0.2, 0.25) is 0 Å². The average Bonchev–Trinajstić information content (AvgIpc) is 2.32. The minimum absolute atomic E-state index is 0.00555. The van der Waals surface area contributed by atoms with Crippen molar-refractivity contribution in [2.45, 2.75) is 12.1 Å². The lowest BCUT2D eigenvalue weighted by Crippen LogP contribution is -2.46. The summed E-state index contributed by atoms with van der Waals surface area (Å²) in [6.45, 7) is 2.10. The number of halogens is 2. The lowest BCUT2D eigenvalue weighted by Gasteiger charge is -2.39. The quantitative estimate of drug-likeness (QED) is 0.900. The molecule has 0 saturated carbocycles. The highest BCUT2D eigenvalue weighted by Crippen LogP contribution is 2.32. The second-order valence-electron chi connectivity index (χ2n) is 4.24. The van der Waals surface area contributed by atoms with Crippen LogP contribution in [0.2, 0.25) is 10.0 Å². The van der Waals surface area contributed by atoms with Crippen LogP contribution >= 0.6 is 23.2 Å². The number of likely N-dealkylation sites (N-methyl/N-ethyl adjacent to an activating group) is 1. The SMILES string of the molecule is CN1CCOC(CN)C1c1ccc(Cl)c(Cl)c1. The molecule has 2 unspecified atom stereocenters. The second-order valence-corrected chi connectivity index (χ2v) is 5.06. The fourth-order valence-corrected chi connectivity index (χ4v) is 2.53. The molecule has 17 heavy (non-hydrogen) atoms. The molecule has 94 valence electrons. The molecule has 1 fully saturated rings. The topological polar surface area (TPSA) is 38.5 Å². The van der Waals surface area contributed by atoms with E-state index in [1.54, 1.807) is 0 Å². The monoisotopic (exact) mass is 274 g/mol. The van der Waals surface area contributed by atoms with Gasteiger partial charge < -0.3 is 10.5 Å². The Hall–Kier alpha value is -0.320. The van der Waals surface area contributed by atoms with Gasteiger partial charge in [0, 0.05) is 13.1 Å². The van der Waals surface area contributed by atoms with E-state index >= 15 is 0 Å². The Balaban J connectivity index is 2.31. The van der Waals surface area contributed by atoms with Crippen molar-refractivity contribution in [1.82, 2.24) is 4.90 Å². The zero-order valence-corrected chi connectivity index (χ0v) is 11.2. The molecule has 1 aromatic carbocycles. The maximum absolute atomic E-state index is 6.05. The van der Waals surface area contributed by atoms with E-state index in [0.717, 1.165) is 18.7 Å². The number of hydrogen-bond donors (Lipinski definition) is 1. The highest BCUT2D eigenvalue weighted by atomic mass is 35.5. The van der Waals surface area contributed by atoms with E-state index < -0.39 is 0 Å². The number of morpholine rings is 1. The van der Waals surface area contributed by atoms with Crippen molar-refractivity contribution >= 4 is 23.2 Å². The molecule has 1 aliphatic rings. The third-order valence-electron chi connectivity index (χ3n) is 3.12. The van der Waals surface area contributed by atoms with Gasteiger partial charge in [-0.25, -0.2) is 0 Å². The predicted octanol–water partition coefficient (Wildman–Crippen LogP) is 2.32. The van der Waals surface area contributed by atoms with Crippen LogP contribution in [-0.4, -0.2) is 37.7 Å². The normalized spacial score (nSPS) is 26.1. The van der Waals surface area contributed by atoms with Crippen molar-refractivity contribution in [1.29, 1.82) is 0 Å². The molecule has 0 amide bonds. The Morgan fingerprint density at radius 1 is 1.41 bits per heavy atom. The highest BCUT2D eigenvalue weighted by Gasteiger charge is 2.30. The summed E-state index contributed by atoms with van der Waals surface area (Å²) in [4.78, 5) is 2.24. The first kappa shape index (κ1) is 13.1. The standard InChI is InChI=1S/C12H16Cl2N2O/c1-16-4-5-17-11(7-15)12(16)8-2-3-9(13)10(14)6-8/h2-3,6,11-12H,4-5,7,15H2,1H3. The van der Waals surface area contributed by atoms with Crippen LogP contribution in [0.25, 0.3) is 0 Å². The summed E-state index contributed by atoms with van der Waals surface area (Å²) in [5.74, 6) is 0. The van der Waals surface area contributed by atoms with Crippen molar-refractivity contribution in [3.05, 3.63) is 33.8 Å². The molecule has 1 saturated heterocycles. The maximum atomic E-state index is 6.05. The Labute approximate surface area is 111 Å². The van der Waals surface area contributed by atoms with E-state index in [4.69, 9.17) is 33.7 Å². The van der Waals surface area contributed by atoms with Gasteiger partial charge in [-0.1, -0.05) is 29.3 Å². The van der Waals surface area contributed by atoms with Crippen LogP contribution in [0.15, 0.2) is 18.2 Å². The van der Waals surface area contributed by atoms with E-state index in [2.05, 4.69) is 11.9 Å². The van der Waals surface area contributed by atoms with Crippen LogP contribution < -0.4 is 5.73 Å². The van der Waals surface area contributed by atoms with Gasteiger partial charge in [0.05, 0.1) is 28.8 Å². The second kappa shape index (κ2) is 5.55. The molecule has 2 rings (SSSR count). The van der Waals surface area contributed by atoms with Crippen molar-refractivity contribution in [2.75, 3.05) is 26.7 Å². The Bertz CT molecular complexity index is 400. The summed E-state index contributed by atoms with van der Waals surface area (Å²) in [5.41, 5.74) is 6.84. The first-order chi connectivity index (χ1) is 8.13. The maximum Gasteiger partial charge on any atom is 0.0894 e. The number of nitrogens with two attached hydrogens (primary N) is 1. The van der Waals surface area contributed by atoms with Crippen molar-refractivity contribution in [2.24, 2.45) is 5.73 Å². The summed E-state index contributed by atoms with van der Waals surface area (Å²) in [7, 11) is 2.07. The van der Waals surface area contributed by atoms with E-state index in [1.165, 1.54) is 0 Å². The largest absolute Gasteiger partial charge is 0.374 e. The molecule has 0 aromatic heterocycles. The van der Waals surface area contributed by atoms with Gasteiger partial charge in [0.25, 0.3) is 0 Å². The summed E-state index contributed by atoms with van der Waals surface area (Å²) in [5, 5.41) is 1.14. The van der Waals surface area contributed by atoms with Gasteiger partial charge in [-0.15, -0.1) is 0 Å². The number of benzene rings is 1. The molecule has 0 bridgehead atoms. The van der Waals surface area contributed by atoms with Crippen LogP contribution in [0.3, 0.4) is 0 Å². The average molecular weight is 275 g/mol. The van der Waals surface area contributed by atoms with E-state index in [9.17, 15) is 0 Å². The highest BCUT2D eigenvalue weighted by molar-refractivity contribution is 6.42. The fourth-order valence-electron chi connectivity index (χ4n) is 2.22. The molecular weight excluding hydrogens is 259 g/mol. The summed E-state index contributed by atoms with van der Waals surface area (Å²) < 4.78 is 5.69. The molecule has 0 spiro atoms. The van der Waals surface area contributed by atoms with Crippen LogP contribution in [0.1, 0.15) is 11.6 Å². The number of ether oxygens (including phenoxy) is 1. The molecule has 0 aliphatic carbocycles. The molecule has 2 N–H and O–H groups in total. The van der Waals surface area contributed by atoms with Gasteiger partial charge in [0.15, 0.2) is 0 Å². The summed E-state index contributed by atoms with van der Waals surface area (Å²) >= 11 is 12.0. The molecule has 5 heteroatoms. The Morgan fingerprint density at radius 2 is 2.18 bits per heavy atom. The third-order valence-corrected chi connectivity index (χ3v) is 3.86. The van der Waals surface area contributed by atoms with Crippen LogP contribution in [0.4, 0.5) is 0 Å². The lowest BCUT2D eigenvalue weighted by molar-refractivity contribution is -0.0576. The van der Waals surface area contributed by atoms with Crippen molar-refractivity contribution < 1.29 is 4.74 Å². The fraction of sp³-hybridized carbons (Fsp3) is 0.500. The molecule has 1 heterocycles.